The van der Waals surface area contributed by atoms with Crippen LogP contribution in [-0.2, 0) is 14.2 Å². The molecule has 1 aliphatic carbocycles. The Bertz CT molecular complexity index is 146. The summed E-state index contributed by atoms with van der Waals surface area (Å²) < 4.78 is 14.7. The first kappa shape index (κ1) is 11.4. The van der Waals surface area contributed by atoms with E-state index in [1.807, 2.05) is 0 Å². The average Bonchev–Trinajstić information content (AvgIpc) is 3.20. The van der Waals surface area contributed by atoms with Gasteiger partial charge in [-0.2, -0.15) is 0 Å². The molecule has 0 spiro atoms. The van der Waals surface area contributed by atoms with Gasteiger partial charge in [-0.3, -0.25) is 0 Å². The van der Waals surface area contributed by atoms with Crippen molar-refractivity contribution in [2.45, 2.75) is 50.7 Å². The molecule has 2 unspecified atom stereocenters. The molecule has 0 radical (unpaired) electrons. The zero-order valence-corrected chi connectivity index (χ0v) is 9.45. The monoisotopic (exact) mass is 214 g/mol. The van der Waals surface area contributed by atoms with Gasteiger partial charge in [0.25, 0.3) is 0 Å². The zero-order valence-electron chi connectivity index (χ0n) is 9.45. The minimum absolute atomic E-state index is 0.703. The molecule has 0 aromatic heterocycles. The molecule has 4 fully saturated rings. The maximum absolute atomic E-state index is 5.28. The van der Waals surface area contributed by atoms with Crippen LogP contribution in [0, 0.1) is 0 Å². The summed E-state index contributed by atoms with van der Waals surface area (Å²) >= 11 is 0. The van der Waals surface area contributed by atoms with E-state index >= 15 is 0 Å². The van der Waals surface area contributed by atoms with Crippen LogP contribution in [0.2, 0.25) is 0 Å². The van der Waals surface area contributed by atoms with Gasteiger partial charge in [0.1, 0.15) is 0 Å². The number of hydrogen-bond donors (Lipinski definition) is 0. The Morgan fingerprint density at radius 2 is 1.13 bits per heavy atom. The summed E-state index contributed by atoms with van der Waals surface area (Å²) in [6.07, 6.45) is 9.44. The summed E-state index contributed by atoms with van der Waals surface area (Å²) in [5.41, 5.74) is 0. The highest BCUT2D eigenvalue weighted by molar-refractivity contribution is 4.87. The normalized spacial score (nSPS) is 35.2. The first-order valence-corrected chi connectivity index (χ1v) is 6.28. The van der Waals surface area contributed by atoms with Gasteiger partial charge >= 0.3 is 0 Å². The number of rotatable bonds is 0. The zero-order chi connectivity index (χ0) is 10.3. The summed E-state index contributed by atoms with van der Waals surface area (Å²) in [7, 11) is 0. The third-order valence-corrected chi connectivity index (χ3v) is 2.95. The SMILES string of the molecule is C1CCC2OC2C1.C1CCOC1.C1CO1. The Balaban J connectivity index is 0.0000000933. The van der Waals surface area contributed by atoms with Crippen molar-refractivity contribution >= 4 is 0 Å². The molecule has 3 saturated heterocycles. The molecule has 15 heavy (non-hydrogen) atoms. The van der Waals surface area contributed by atoms with Gasteiger partial charge in [-0.1, -0.05) is 12.8 Å². The van der Waals surface area contributed by atoms with E-state index in [2.05, 4.69) is 4.74 Å². The lowest BCUT2D eigenvalue weighted by Crippen LogP contribution is -2.00. The quantitative estimate of drug-likeness (QED) is 0.579. The molecule has 3 aliphatic heterocycles. The average molecular weight is 214 g/mol. The molecule has 4 rings (SSSR count). The predicted octanol–water partition coefficient (Wildman–Crippen LogP) is 2.14. The summed E-state index contributed by atoms with van der Waals surface area (Å²) in [6, 6.07) is 0. The Morgan fingerprint density at radius 1 is 0.600 bits per heavy atom. The van der Waals surface area contributed by atoms with Crippen LogP contribution in [-0.4, -0.2) is 38.6 Å². The summed E-state index contributed by atoms with van der Waals surface area (Å²) in [5, 5.41) is 0. The van der Waals surface area contributed by atoms with E-state index in [-0.39, 0.29) is 0 Å². The smallest absolute Gasteiger partial charge is 0.0841 e. The molecule has 88 valence electrons. The van der Waals surface area contributed by atoms with Crippen LogP contribution in [0.15, 0.2) is 0 Å². The Labute approximate surface area is 92.1 Å². The molecule has 2 atom stereocenters. The molecular weight excluding hydrogens is 192 g/mol. The number of ether oxygens (including phenoxy) is 3. The third kappa shape index (κ3) is 5.50. The number of epoxide rings is 2. The Kier molecular flexibility index (Phi) is 4.90. The van der Waals surface area contributed by atoms with Crippen molar-refractivity contribution in [3.05, 3.63) is 0 Å². The van der Waals surface area contributed by atoms with Crippen molar-refractivity contribution in [2.75, 3.05) is 26.4 Å². The highest BCUT2D eigenvalue weighted by atomic mass is 16.6. The van der Waals surface area contributed by atoms with Gasteiger partial charge < -0.3 is 14.2 Å². The Morgan fingerprint density at radius 3 is 1.40 bits per heavy atom. The van der Waals surface area contributed by atoms with Crippen molar-refractivity contribution < 1.29 is 14.2 Å². The van der Waals surface area contributed by atoms with E-state index in [0.717, 1.165) is 26.4 Å². The molecule has 0 aromatic carbocycles. The van der Waals surface area contributed by atoms with Crippen molar-refractivity contribution in [1.82, 2.24) is 0 Å². The van der Waals surface area contributed by atoms with Crippen molar-refractivity contribution in [3.63, 3.8) is 0 Å². The van der Waals surface area contributed by atoms with Crippen molar-refractivity contribution in [2.24, 2.45) is 0 Å². The second-order valence-corrected chi connectivity index (χ2v) is 4.43. The number of fused-ring (bicyclic) bond motifs is 1. The standard InChI is InChI=1S/C6H10O.C4H8O.C2H4O/c1-2-4-6-5(3-1)7-6;1-2-4-5-3-1;1-2-3-1/h5-6H,1-4H2;1-4H2;1-2H2. The molecule has 0 aromatic rings. The van der Waals surface area contributed by atoms with E-state index in [0.29, 0.717) is 12.2 Å². The van der Waals surface area contributed by atoms with Crippen LogP contribution in [0.25, 0.3) is 0 Å². The van der Waals surface area contributed by atoms with Gasteiger partial charge in [-0.05, 0) is 25.7 Å². The van der Waals surface area contributed by atoms with Crippen LogP contribution in [0.5, 0.6) is 0 Å². The highest BCUT2D eigenvalue weighted by Crippen LogP contribution is 2.35. The second kappa shape index (κ2) is 6.46. The Hall–Kier alpha value is -0.120. The van der Waals surface area contributed by atoms with Gasteiger partial charge in [0.15, 0.2) is 0 Å². The number of hydrogen-bond acceptors (Lipinski definition) is 3. The highest BCUT2D eigenvalue weighted by Gasteiger charge is 2.39. The lowest BCUT2D eigenvalue weighted by molar-refractivity contribution is 0.198. The van der Waals surface area contributed by atoms with Crippen LogP contribution < -0.4 is 0 Å². The third-order valence-electron chi connectivity index (χ3n) is 2.95. The van der Waals surface area contributed by atoms with Gasteiger partial charge in [-0.25, -0.2) is 0 Å². The van der Waals surface area contributed by atoms with E-state index in [1.54, 1.807) is 0 Å². The topological polar surface area (TPSA) is 34.3 Å². The minimum Gasteiger partial charge on any atom is -0.381 e. The molecule has 3 heteroatoms. The molecule has 0 amide bonds. The van der Waals surface area contributed by atoms with E-state index in [1.165, 1.54) is 38.5 Å². The van der Waals surface area contributed by atoms with E-state index in [4.69, 9.17) is 9.47 Å². The second-order valence-electron chi connectivity index (χ2n) is 4.43. The lowest BCUT2D eigenvalue weighted by atomic mass is 10.0. The first-order chi connectivity index (χ1) is 7.47. The molecule has 3 heterocycles. The molecule has 3 nitrogen and oxygen atoms in total. The molecule has 4 aliphatic rings. The maximum atomic E-state index is 5.28. The molecule has 0 N–H and O–H groups in total. The van der Waals surface area contributed by atoms with Crippen molar-refractivity contribution in [1.29, 1.82) is 0 Å². The van der Waals surface area contributed by atoms with E-state index in [9.17, 15) is 0 Å². The van der Waals surface area contributed by atoms with Crippen LogP contribution in [0.4, 0.5) is 0 Å². The van der Waals surface area contributed by atoms with Crippen LogP contribution in [0.1, 0.15) is 38.5 Å². The predicted molar refractivity (Wildman–Crippen MR) is 58.0 cm³/mol. The summed E-state index contributed by atoms with van der Waals surface area (Å²) in [5.74, 6) is 0. The first-order valence-electron chi connectivity index (χ1n) is 6.28. The fourth-order valence-electron chi connectivity index (χ4n) is 1.89. The van der Waals surface area contributed by atoms with E-state index < -0.39 is 0 Å². The lowest BCUT2D eigenvalue weighted by Gasteiger charge is -2.00. The van der Waals surface area contributed by atoms with Gasteiger partial charge in [0.05, 0.1) is 25.4 Å². The summed E-state index contributed by atoms with van der Waals surface area (Å²) in [6.45, 7) is 4.00. The maximum Gasteiger partial charge on any atom is 0.0841 e. The van der Waals surface area contributed by atoms with Gasteiger partial charge in [0, 0.05) is 13.2 Å². The fraction of sp³-hybridized carbons (Fsp3) is 1.00. The van der Waals surface area contributed by atoms with Crippen LogP contribution in [0.3, 0.4) is 0 Å². The molecular formula is C12H22O3. The molecule has 0 bridgehead atoms. The van der Waals surface area contributed by atoms with Crippen molar-refractivity contribution in [3.8, 4) is 0 Å². The largest absolute Gasteiger partial charge is 0.381 e. The minimum atomic E-state index is 0.703. The fourth-order valence-corrected chi connectivity index (χ4v) is 1.89. The summed E-state index contributed by atoms with van der Waals surface area (Å²) in [4.78, 5) is 0. The van der Waals surface area contributed by atoms with Gasteiger partial charge in [0.2, 0.25) is 0 Å². The van der Waals surface area contributed by atoms with Gasteiger partial charge in [-0.15, -0.1) is 0 Å². The molecule has 1 saturated carbocycles. The van der Waals surface area contributed by atoms with Crippen LogP contribution >= 0.6 is 0 Å².